The maximum absolute atomic E-state index is 12.5. The summed E-state index contributed by atoms with van der Waals surface area (Å²) in [6.07, 6.45) is 2.79. The number of rotatable bonds is 4. The molecule has 1 aliphatic heterocycles. The first-order valence-corrected chi connectivity index (χ1v) is 9.60. The molecule has 154 valence electrons. The summed E-state index contributed by atoms with van der Waals surface area (Å²) in [5, 5.41) is 3.00. The van der Waals surface area contributed by atoms with E-state index in [1.165, 1.54) is 30.9 Å². The van der Waals surface area contributed by atoms with Crippen LogP contribution in [0.5, 0.6) is 0 Å². The molecule has 1 aromatic carbocycles. The van der Waals surface area contributed by atoms with Crippen molar-refractivity contribution in [1.29, 1.82) is 0 Å². The predicted octanol–water partition coefficient (Wildman–Crippen LogP) is 0.689. The average molecular weight is 407 g/mol. The van der Waals surface area contributed by atoms with E-state index in [0.717, 1.165) is 28.8 Å². The van der Waals surface area contributed by atoms with E-state index in [4.69, 9.17) is 0 Å². The summed E-state index contributed by atoms with van der Waals surface area (Å²) in [4.78, 5) is 54.6. The maximum Gasteiger partial charge on any atom is 0.332 e. The predicted molar refractivity (Wildman–Crippen MR) is 111 cm³/mol. The SMILES string of the molecule is Cn1c(=O)c2cc(C(=O)NCc3ccc(N4CCCC4=O)cc3)cnc2n(C)c1=O. The maximum atomic E-state index is 12.5. The largest absolute Gasteiger partial charge is 0.348 e. The standard InChI is InChI=1S/C21H21N5O4/c1-24-18-16(20(29)25(2)21(24)30)10-14(12-22-18)19(28)23-11-13-5-7-15(8-6-13)26-9-3-4-17(26)27/h5-8,10,12H,3-4,9,11H2,1-2H3,(H,23,28). The number of carbonyl (C=O) groups is 2. The highest BCUT2D eigenvalue weighted by molar-refractivity contribution is 5.97. The summed E-state index contributed by atoms with van der Waals surface area (Å²) in [6.45, 7) is 1.02. The number of benzene rings is 1. The van der Waals surface area contributed by atoms with Crippen molar-refractivity contribution in [2.75, 3.05) is 11.4 Å². The van der Waals surface area contributed by atoms with Gasteiger partial charge in [0.1, 0.15) is 5.65 Å². The minimum atomic E-state index is -0.498. The monoisotopic (exact) mass is 407 g/mol. The van der Waals surface area contributed by atoms with Crippen molar-refractivity contribution >= 4 is 28.5 Å². The molecule has 30 heavy (non-hydrogen) atoms. The summed E-state index contributed by atoms with van der Waals surface area (Å²) in [5.74, 6) is -0.248. The van der Waals surface area contributed by atoms with Gasteiger partial charge in [0.05, 0.1) is 10.9 Å². The molecule has 9 heteroatoms. The molecule has 0 atom stereocenters. The van der Waals surface area contributed by atoms with Crippen molar-refractivity contribution in [2.45, 2.75) is 19.4 Å². The van der Waals surface area contributed by atoms with E-state index >= 15 is 0 Å². The molecule has 0 aliphatic carbocycles. The van der Waals surface area contributed by atoms with E-state index < -0.39 is 11.2 Å². The van der Waals surface area contributed by atoms with Gasteiger partial charge in [0, 0.05) is 45.5 Å². The molecule has 1 fully saturated rings. The van der Waals surface area contributed by atoms with Crippen molar-refractivity contribution < 1.29 is 9.59 Å². The third-order valence-corrected chi connectivity index (χ3v) is 5.33. The first-order chi connectivity index (χ1) is 14.4. The number of nitrogens with one attached hydrogen (secondary N) is 1. The van der Waals surface area contributed by atoms with E-state index in [1.807, 2.05) is 24.3 Å². The van der Waals surface area contributed by atoms with Crippen molar-refractivity contribution in [3.05, 3.63) is 68.5 Å². The molecule has 0 radical (unpaired) electrons. The Balaban J connectivity index is 1.50. The fourth-order valence-electron chi connectivity index (χ4n) is 3.59. The van der Waals surface area contributed by atoms with Gasteiger partial charge < -0.3 is 10.2 Å². The molecule has 4 rings (SSSR count). The van der Waals surface area contributed by atoms with Crippen molar-refractivity contribution in [1.82, 2.24) is 19.4 Å². The van der Waals surface area contributed by atoms with Crippen LogP contribution in [0.2, 0.25) is 0 Å². The number of anilines is 1. The molecule has 2 aromatic heterocycles. The van der Waals surface area contributed by atoms with Crippen LogP contribution in [0.1, 0.15) is 28.8 Å². The van der Waals surface area contributed by atoms with Gasteiger partial charge in [-0.1, -0.05) is 12.1 Å². The van der Waals surface area contributed by atoms with Gasteiger partial charge in [-0.3, -0.25) is 23.5 Å². The highest BCUT2D eigenvalue weighted by atomic mass is 16.2. The number of hydrogen-bond acceptors (Lipinski definition) is 5. The molecule has 0 saturated carbocycles. The number of aromatic nitrogens is 3. The Kier molecular flexibility index (Phi) is 4.94. The molecule has 0 unspecified atom stereocenters. The van der Waals surface area contributed by atoms with Crippen LogP contribution in [0.25, 0.3) is 11.0 Å². The number of amides is 2. The molecule has 2 amide bonds. The Morgan fingerprint density at radius 2 is 1.83 bits per heavy atom. The summed E-state index contributed by atoms with van der Waals surface area (Å²) in [6, 6.07) is 8.91. The molecule has 1 N–H and O–H groups in total. The second-order valence-electron chi connectivity index (χ2n) is 7.30. The Morgan fingerprint density at radius 3 is 2.50 bits per heavy atom. The van der Waals surface area contributed by atoms with E-state index in [2.05, 4.69) is 10.3 Å². The second-order valence-corrected chi connectivity index (χ2v) is 7.30. The van der Waals surface area contributed by atoms with Gasteiger partial charge in [-0.15, -0.1) is 0 Å². The quantitative estimate of drug-likeness (QED) is 0.685. The fourth-order valence-corrected chi connectivity index (χ4v) is 3.59. The third kappa shape index (κ3) is 3.38. The number of carbonyl (C=O) groups excluding carboxylic acids is 2. The van der Waals surface area contributed by atoms with Gasteiger partial charge in [-0.2, -0.15) is 0 Å². The van der Waals surface area contributed by atoms with Crippen molar-refractivity contribution in [2.24, 2.45) is 14.1 Å². The molecular weight excluding hydrogens is 386 g/mol. The van der Waals surface area contributed by atoms with Gasteiger partial charge in [-0.25, -0.2) is 9.78 Å². The summed E-state index contributed by atoms with van der Waals surface area (Å²) in [5.41, 5.74) is 1.22. The minimum Gasteiger partial charge on any atom is -0.348 e. The average Bonchev–Trinajstić information content (AvgIpc) is 3.20. The lowest BCUT2D eigenvalue weighted by Crippen LogP contribution is -2.37. The van der Waals surface area contributed by atoms with Gasteiger partial charge in [-0.05, 0) is 30.2 Å². The van der Waals surface area contributed by atoms with Crippen LogP contribution in [0, 0.1) is 0 Å². The van der Waals surface area contributed by atoms with E-state index in [-0.39, 0.29) is 35.0 Å². The van der Waals surface area contributed by atoms with Crippen molar-refractivity contribution in [3.8, 4) is 0 Å². The first-order valence-electron chi connectivity index (χ1n) is 9.60. The molecule has 1 saturated heterocycles. The number of hydrogen-bond donors (Lipinski definition) is 1. The highest BCUT2D eigenvalue weighted by Crippen LogP contribution is 2.21. The summed E-state index contributed by atoms with van der Waals surface area (Å²) in [7, 11) is 2.91. The van der Waals surface area contributed by atoms with E-state index in [9.17, 15) is 19.2 Å². The molecule has 9 nitrogen and oxygen atoms in total. The molecule has 3 heterocycles. The van der Waals surface area contributed by atoms with E-state index in [1.54, 1.807) is 4.90 Å². The summed E-state index contributed by atoms with van der Waals surface area (Å²) >= 11 is 0. The molecule has 3 aromatic rings. The molecule has 0 bridgehead atoms. The van der Waals surface area contributed by atoms with Crippen LogP contribution in [-0.4, -0.2) is 32.5 Å². The van der Waals surface area contributed by atoms with Crippen LogP contribution in [0.15, 0.2) is 46.1 Å². The zero-order chi connectivity index (χ0) is 21.4. The smallest absolute Gasteiger partial charge is 0.332 e. The van der Waals surface area contributed by atoms with Crippen LogP contribution in [-0.2, 0) is 25.4 Å². The fraction of sp³-hybridized carbons (Fsp3) is 0.286. The Bertz CT molecular complexity index is 1270. The Labute approximate surface area is 171 Å². The van der Waals surface area contributed by atoms with Crippen LogP contribution in [0.3, 0.4) is 0 Å². The number of pyridine rings is 1. The van der Waals surface area contributed by atoms with Crippen LogP contribution in [0.4, 0.5) is 5.69 Å². The first kappa shape index (κ1) is 19.6. The molecular formula is C21H21N5O4. The zero-order valence-electron chi connectivity index (χ0n) is 16.7. The Hall–Kier alpha value is -3.75. The van der Waals surface area contributed by atoms with Gasteiger partial charge >= 0.3 is 5.69 Å². The highest BCUT2D eigenvalue weighted by Gasteiger charge is 2.21. The van der Waals surface area contributed by atoms with Crippen LogP contribution >= 0.6 is 0 Å². The number of nitrogens with zero attached hydrogens (tertiary/aromatic N) is 4. The summed E-state index contributed by atoms with van der Waals surface area (Å²) < 4.78 is 2.25. The number of fused-ring (bicyclic) bond motifs is 1. The van der Waals surface area contributed by atoms with Gasteiger partial charge in [0.15, 0.2) is 0 Å². The zero-order valence-corrected chi connectivity index (χ0v) is 16.7. The topological polar surface area (TPSA) is 106 Å². The van der Waals surface area contributed by atoms with Crippen LogP contribution < -0.4 is 21.5 Å². The lowest BCUT2D eigenvalue weighted by atomic mass is 10.1. The normalized spacial score (nSPS) is 13.8. The number of aryl methyl sites for hydroxylation is 1. The lowest BCUT2D eigenvalue weighted by Gasteiger charge is -2.16. The third-order valence-electron chi connectivity index (χ3n) is 5.33. The molecule has 1 aliphatic rings. The van der Waals surface area contributed by atoms with Crippen molar-refractivity contribution in [3.63, 3.8) is 0 Å². The Morgan fingerprint density at radius 1 is 1.10 bits per heavy atom. The van der Waals surface area contributed by atoms with E-state index in [0.29, 0.717) is 6.42 Å². The molecule has 0 spiro atoms. The lowest BCUT2D eigenvalue weighted by molar-refractivity contribution is -0.117. The minimum absolute atomic E-state index is 0.128. The van der Waals surface area contributed by atoms with Gasteiger partial charge in [0.2, 0.25) is 5.91 Å². The van der Waals surface area contributed by atoms with Gasteiger partial charge in [0.25, 0.3) is 11.5 Å². The second kappa shape index (κ2) is 7.58.